The molecule has 3 nitrogen and oxygen atoms in total. The zero-order chi connectivity index (χ0) is 15.1. The molecule has 0 heterocycles. The fourth-order valence-corrected chi connectivity index (χ4v) is 2.01. The van der Waals surface area contributed by atoms with Gasteiger partial charge in [-0.05, 0) is 29.7 Å². The van der Waals surface area contributed by atoms with Crippen LogP contribution >= 0.6 is 0 Å². The van der Waals surface area contributed by atoms with Crippen LogP contribution in [0.1, 0.15) is 17.5 Å². The number of hydrogen-bond acceptors (Lipinski definition) is 2. The molecule has 21 heavy (non-hydrogen) atoms. The summed E-state index contributed by atoms with van der Waals surface area (Å²) in [6.45, 7) is 0.511. The monoisotopic (exact) mass is 287 g/mol. The number of amides is 1. The number of ether oxygens (including phenoxy) is 1. The van der Waals surface area contributed by atoms with Gasteiger partial charge in [-0.15, -0.1) is 0 Å². The van der Waals surface area contributed by atoms with Crippen LogP contribution in [0.15, 0.2) is 48.5 Å². The summed E-state index contributed by atoms with van der Waals surface area (Å²) in [4.78, 5) is 11.8. The molecule has 0 radical (unpaired) electrons. The summed E-state index contributed by atoms with van der Waals surface area (Å²) in [7, 11) is 1.43. The first-order valence-corrected chi connectivity index (χ1v) is 6.82. The van der Waals surface area contributed by atoms with Crippen molar-refractivity contribution in [2.75, 3.05) is 7.11 Å². The fourth-order valence-electron chi connectivity index (χ4n) is 2.01. The SMILES string of the molecule is COc1ccc(CCC(=O)NCc2ccccc2)cc1F. The van der Waals surface area contributed by atoms with Crippen LogP contribution in [0.2, 0.25) is 0 Å². The normalized spacial score (nSPS) is 10.2. The van der Waals surface area contributed by atoms with Crippen molar-refractivity contribution < 1.29 is 13.9 Å². The van der Waals surface area contributed by atoms with Gasteiger partial charge in [0.05, 0.1) is 7.11 Å². The Morgan fingerprint density at radius 3 is 2.57 bits per heavy atom. The predicted octanol–water partition coefficient (Wildman–Crippen LogP) is 3.08. The summed E-state index contributed by atoms with van der Waals surface area (Å²) in [5.74, 6) is -0.234. The maximum Gasteiger partial charge on any atom is 0.220 e. The van der Waals surface area contributed by atoms with E-state index < -0.39 is 5.82 Å². The van der Waals surface area contributed by atoms with E-state index in [1.54, 1.807) is 12.1 Å². The van der Waals surface area contributed by atoms with Crippen molar-refractivity contribution in [3.63, 3.8) is 0 Å². The summed E-state index contributed by atoms with van der Waals surface area (Å²) in [5, 5.41) is 2.85. The Hall–Kier alpha value is -2.36. The second-order valence-corrected chi connectivity index (χ2v) is 4.73. The van der Waals surface area contributed by atoms with Gasteiger partial charge < -0.3 is 10.1 Å². The molecule has 0 saturated carbocycles. The van der Waals surface area contributed by atoms with Crippen molar-refractivity contribution in [1.82, 2.24) is 5.32 Å². The summed E-state index contributed by atoms with van der Waals surface area (Å²) in [6, 6.07) is 14.5. The second kappa shape index (κ2) is 7.43. The van der Waals surface area contributed by atoms with Crippen LogP contribution in [-0.4, -0.2) is 13.0 Å². The number of rotatable bonds is 6. The van der Waals surface area contributed by atoms with Gasteiger partial charge in [0.25, 0.3) is 0 Å². The maximum absolute atomic E-state index is 13.5. The average molecular weight is 287 g/mol. The summed E-state index contributed by atoms with van der Waals surface area (Å²) in [5.41, 5.74) is 1.84. The lowest BCUT2D eigenvalue weighted by Crippen LogP contribution is -2.22. The number of methoxy groups -OCH3 is 1. The first-order valence-electron chi connectivity index (χ1n) is 6.82. The quantitative estimate of drug-likeness (QED) is 0.886. The molecule has 0 spiro atoms. The molecule has 2 aromatic rings. The smallest absolute Gasteiger partial charge is 0.220 e. The molecular weight excluding hydrogens is 269 g/mol. The van der Waals surface area contributed by atoms with Crippen molar-refractivity contribution in [2.24, 2.45) is 0 Å². The Labute approximate surface area is 123 Å². The van der Waals surface area contributed by atoms with E-state index in [1.807, 2.05) is 30.3 Å². The first kappa shape index (κ1) is 15.0. The van der Waals surface area contributed by atoms with Crippen molar-refractivity contribution in [2.45, 2.75) is 19.4 Å². The molecule has 0 aliphatic rings. The minimum atomic E-state index is -0.403. The van der Waals surface area contributed by atoms with Gasteiger partial charge in [-0.2, -0.15) is 0 Å². The van der Waals surface area contributed by atoms with Gasteiger partial charge in [-0.1, -0.05) is 36.4 Å². The van der Waals surface area contributed by atoms with E-state index in [0.29, 0.717) is 19.4 Å². The Bertz CT molecular complexity index is 599. The van der Waals surface area contributed by atoms with Crippen molar-refractivity contribution in [1.29, 1.82) is 0 Å². The summed E-state index contributed by atoms with van der Waals surface area (Å²) >= 11 is 0. The Balaban J connectivity index is 1.80. The standard InChI is InChI=1S/C17H18FNO2/c1-21-16-9-7-13(11-15(16)18)8-10-17(20)19-12-14-5-3-2-4-6-14/h2-7,9,11H,8,10,12H2,1H3,(H,19,20). The largest absolute Gasteiger partial charge is 0.494 e. The zero-order valence-corrected chi connectivity index (χ0v) is 11.9. The van der Waals surface area contributed by atoms with Crippen molar-refractivity contribution >= 4 is 5.91 Å². The van der Waals surface area contributed by atoms with Gasteiger partial charge in [0.2, 0.25) is 5.91 Å². The molecule has 2 aromatic carbocycles. The van der Waals surface area contributed by atoms with E-state index in [-0.39, 0.29) is 11.7 Å². The molecule has 0 unspecified atom stereocenters. The summed E-state index contributed by atoms with van der Waals surface area (Å²) < 4.78 is 18.4. The highest BCUT2D eigenvalue weighted by atomic mass is 19.1. The van der Waals surface area contributed by atoms with Crippen LogP contribution in [0.5, 0.6) is 5.75 Å². The first-order chi connectivity index (χ1) is 10.2. The van der Waals surface area contributed by atoms with Crippen LogP contribution in [-0.2, 0) is 17.8 Å². The lowest BCUT2D eigenvalue weighted by atomic mass is 10.1. The Kier molecular flexibility index (Phi) is 5.32. The van der Waals surface area contributed by atoms with Crippen LogP contribution in [0.25, 0.3) is 0 Å². The predicted molar refractivity (Wildman–Crippen MR) is 79.6 cm³/mol. The van der Waals surface area contributed by atoms with Crippen LogP contribution in [0.4, 0.5) is 4.39 Å². The molecule has 0 fully saturated rings. The highest BCUT2D eigenvalue weighted by Crippen LogP contribution is 2.18. The third-order valence-electron chi connectivity index (χ3n) is 3.19. The molecule has 0 aliphatic carbocycles. The molecule has 1 N–H and O–H groups in total. The maximum atomic E-state index is 13.5. The van der Waals surface area contributed by atoms with E-state index in [1.165, 1.54) is 13.2 Å². The van der Waals surface area contributed by atoms with E-state index in [9.17, 15) is 9.18 Å². The number of aryl methyl sites for hydroxylation is 1. The van der Waals surface area contributed by atoms with Crippen LogP contribution in [0.3, 0.4) is 0 Å². The molecular formula is C17H18FNO2. The van der Waals surface area contributed by atoms with Gasteiger partial charge in [0.15, 0.2) is 11.6 Å². The number of benzene rings is 2. The van der Waals surface area contributed by atoms with Crippen molar-refractivity contribution in [3.05, 3.63) is 65.5 Å². The lowest BCUT2D eigenvalue weighted by molar-refractivity contribution is -0.121. The minimum absolute atomic E-state index is 0.0462. The Morgan fingerprint density at radius 2 is 1.90 bits per heavy atom. The number of halogens is 1. The molecule has 4 heteroatoms. The van der Waals surface area contributed by atoms with E-state index in [2.05, 4.69) is 5.32 Å². The second-order valence-electron chi connectivity index (χ2n) is 4.73. The van der Waals surface area contributed by atoms with Crippen LogP contribution < -0.4 is 10.1 Å². The topological polar surface area (TPSA) is 38.3 Å². The van der Waals surface area contributed by atoms with E-state index >= 15 is 0 Å². The fraction of sp³-hybridized carbons (Fsp3) is 0.235. The highest BCUT2D eigenvalue weighted by Gasteiger charge is 2.06. The molecule has 0 aromatic heterocycles. The molecule has 0 saturated heterocycles. The van der Waals surface area contributed by atoms with Gasteiger partial charge >= 0.3 is 0 Å². The molecule has 110 valence electrons. The third-order valence-corrected chi connectivity index (χ3v) is 3.19. The number of nitrogens with one attached hydrogen (secondary N) is 1. The Morgan fingerprint density at radius 1 is 1.14 bits per heavy atom. The van der Waals surface area contributed by atoms with Gasteiger partial charge in [-0.25, -0.2) is 4.39 Å². The molecule has 0 bridgehead atoms. The zero-order valence-electron chi connectivity index (χ0n) is 11.9. The van der Waals surface area contributed by atoms with Crippen molar-refractivity contribution in [3.8, 4) is 5.75 Å². The molecule has 1 amide bonds. The third kappa shape index (κ3) is 4.60. The summed E-state index contributed by atoms with van der Waals surface area (Å²) in [6.07, 6.45) is 0.833. The number of carbonyl (C=O) groups excluding carboxylic acids is 1. The van der Waals surface area contributed by atoms with Gasteiger partial charge in [-0.3, -0.25) is 4.79 Å². The van der Waals surface area contributed by atoms with Gasteiger partial charge in [0.1, 0.15) is 0 Å². The van der Waals surface area contributed by atoms with E-state index in [0.717, 1.165) is 11.1 Å². The minimum Gasteiger partial charge on any atom is -0.494 e. The molecule has 0 atom stereocenters. The number of carbonyl (C=O) groups is 1. The van der Waals surface area contributed by atoms with Crippen LogP contribution in [0, 0.1) is 5.82 Å². The van der Waals surface area contributed by atoms with E-state index in [4.69, 9.17) is 4.74 Å². The highest BCUT2D eigenvalue weighted by molar-refractivity contribution is 5.76. The molecule has 2 rings (SSSR count). The molecule has 0 aliphatic heterocycles. The number of hydrogen-bond donors (Lipinski definition) is 1. The average Bonchev–Trinajstić information content (AvgIpc) is 2.52. The van der Waals surface area contributed by atoms with Gasteiger partial charge in [0, 0.05) is 13.0 Å². The lowest BCUT2D eigenvalue weighted by Gasteiger charge is -2.07.